The van der Waals surface area contributed by atoms with E-state index in [0.29, 0.717) is 50.7 Å². The maximum atomic E-state index is 11.5. The predicted molar refractivity (Wildman–Crippen MR) is 115 cm³/mol. The van der Waals surface area contributed by atoms with Gasteiger partial charge in [0, 0.05) is 29.7 Å². The van der Waals surface area contributed by atoms with Crippen LogP contribution >= 0.6 is 0 Å². The maximum absolute atomic E-state index is 11.5. The highest BCUT2D eigenvalue weighted by Crippen LogP contribution is 2.31. The molecule has 5 heterocycles. The summed E-state index contributed by atoms with van der Waals surface area (Å²) < 4.78 is 25.4. The summed E-state index contributed by atoms with van der Waals surface area (Å²) in [6.07, 6.45) is 7.28. The van der Waals surface area contributed by atoms with Gasteiger partial charge >= 0.3 is 0 Å². The Balaban J connectivity index is 1.62. The third-order valence-corrected chi connectivity index (χ3v) is 5.12. The topological polar surface area (TPSA) is 147 Å². The van der Waals surface area contributed by atoms with Crippen LogP contribution in [-0.4, -0.2) is 49.8 Å². The zero-order valence-corrected chi connectivity index (χ0v) is 16.8. The molecule has 12 heteroatoms. The van der Waals surface area contributed by atoms with Gasteiger partial charge in [0.2, 0.25) is 15.7 Å². The number of hydrogen-bond acceptors (Lipinski definition) is 7. The van der Waals surface area contributed by atoms with Crippen LogP contribution in [0.3, 0.4) is 0 Å². The fourth-order valence-electron chi connectivity index (χ4n) is 3.22. The second kappa shape index (κ2) is 6.85. The largest absolute Gasteiger partial charge is 0.345 e. The highest BCUT2D eigenvalue weighted by molar-refractivity contribution is 7.92. The number of rotatable bonds is 4. The van der Waals surface area contributed by atoms with Crippen molar-refractivity contribution >= 4 is 43.6 Å². The fraction of sp³-hybridized carbons (Fsp3) is 0.0526. The molecule has 0 aromatic carbocycles. The Kier molecular flexibility index (Phi) is 4.12. The number of sulfonamides is 1. The molecular weight excluding hydrogens is 418 g/mol. The zero-order valence-electron chi connectivity index (χ0n) is 15.9. The van der Waals surface area contributed by atoms with Gasteiger partial charge < -0.3 is 4.98 Å². The van der Waals surface area contributed by atoms with Gasteiger partial charge in [-0.05, 0) is 18.2 Å². The van der Waals surface area contributed by atoms with E-state index in [-0.39, 0.29) is 0 Å². The van der Waals surface area contributed by atoms with Crippen LogP contribution in [0.5, 0.6) is 0 Å². The summed E-state index contributed by atoms with van der Waals surface area (Å²) >= 11 is 0. The predicted octanol–water partition coefficient (Wildman–Crippen LogP) is 2.88. The van der Waals surface area contributed by atoms with E-state index in [2.05, 4.69) is 44.7 Å². The van der Waals surface area contributed by atoms with Gasteiger partial charge in [-0.2, -0.15) is 5.10 Å². The number of aromatic nitrogens is 7. The van der Waals surface area contributed by atoms with E-state index in [0.717, 1.165) is 11.8 Å². The number of pyridine rings is 3. The molecule has 0 fully saturated rings. The Morgan fingerprint density at radius 1 is 1.10 bits per heavy atom. The third-order valence-electron chi connectivity index (χ3n) is 4.51. The second-order valence-corrected chi connectivity index (χ2v) is 8.50. The van der Waals surface area contributed by atoms with Gasteiger partial charge in [-0.25, -0.2) is 28.2 Å². The molecule has 0 spiro atoms. The minimum absolute atomic E-state index is 0.350. The van der Waals surface area contributed by atoms with Crippen LogP contribution in [-0.2, 0) is 10.0 Å². The average molecular weight is 431 g/mol. The maximum Gasteiger partial charge on any atom is 0.229 e. The van der Waals surface area contributed by atoms with Crippen molar-refractivity contribution in [3.8, 4) is 22.6 Å². The lowest BCUT2D eigenvalue weighted by molar-refractivity contribution is 0.607. The Bertz CT molecular complexity index is 1610. The molecule has 5 rings (SSSR count). The summed E-state index contributed by atoms with van der Waals surface area (Å²) in [6.45, 7) is 7.31. The van der Waals surface area contributed by atoms with E-state index in [1.54, 1.807) is 24.5 Å². The summed E-state index contributed by atoms with van der Waals surface area (Å²) in [5, 5.41) is 7.85. The van der Waals surface area contributed by atoms with Crippen molar-refractivity contribution in [2.24, 2.45) is 0 Å². The first kappa shape index (κ1) is 18.6. The van der Waals surface area contributed by atoms with Gasteiger partial charge in [-0.3, -0.25) is 14.8 Å². The van der Waals surface area contributed by atoms with E-state index in [9.17, 15) is 8.42 Å². The molecule has 0 radical (unpaired) electrons. The minimum Gasteiger partial charge on any atom is -0.345 e. The number of fused-ring (bicyclic) bond motifs is 2. The summed E-state index contributed by atoms with van der Waals surface area (Å²) in [4.78, 5) is 23.8. The van der Waals surface area contributed by atoms with Crippen molar-refractivity contribution < 1.29 is 8.42 Å². The Labute approximate surface area is 175 Å². The van der Waals surface area contributed by atoms with Gasteiger partial charge in [0.05, 0.1) is 35.6 Å². The van der Waals surface area contributed by atoms with Gasteiger partial charge in [-0.15, -0.1) is 0 Å². The summed E-state index contributed by atoms with van der Waals surface area (Å²) in [5.41, 5.74) is 4.22. The molecule has 0 aliphatic rings. The first-order valence-electron chi connectivity index (χ1n) is 8.91. The molecule has 0 atom stereocenters. The van der Waals surface area contributed by atoms with Crippen molar-refractivity contribution in [2.45, 2.75) is 0 Å². The van der Waals surface area contributed by atoms with Crippen LogP contribution < -0.4 is 4.72 Å². The quantitative estimate of drug-likeness (QED) is 0.371. The molecule has 0 amide bonds. The number of nitrogens with zero attached hydrogens (tertiary/aromatic N) is 6. The third kappa shape index (κ3) is 3.43. The molecular formula is C19H13N9O2S. The van der Waals surface area contributed by atoms with E-state index < -0.39 is 10.0 Å². The lowest BCUT2D eigenvalue weighted by Crippen LogP contribution is -2.09. The standard InChI is InChI=1S/C19H13N9O2S/c1-20-14-3-4-22-18-16(14)24-19(25-18)15-13-6-11(8-23-17(13)27-26-15)10-5-12(9-21-7-10)28-31(2,29)30/h3-9,28H,2H3,(H,22,24,25)(H,23,26,27). The molecule has 5 aromatic heterocycles. The molecule has 31 heavy (non-hydrogen) atoms. The van der Waals surface area contributed by atoms with Crippen LogP contribution in [0.4, 0.5) is 11.4 Å². The molecule has 0 unspecified atom stereocenters. The van der Waals surface area contributed by atoms with Crippen LogP contribution in [0.25, 0.3) is 49.7 Å². The molecule has 0 saturated carbocycles. The molecule has 0 aliphatic carbocycles. The van der Waals surface area contributed by atoms with Crippen LogP contribution in [0.1, 0.15) is 0 Å². The Morgan fingerprint density at radius 3 is 2.74 bits per heavy atom. The Morgan fingerprint density at radius 2 is 1.94 bits per heavy atom. The van der Waals surface area contributed by atoms with Crippen LogP contribution in [0.2, 0.25) is 0 Å². The summed E-state index contributed by atoms with van der Waals surface area (Å²) in [7, 11) is -3.42. The average Bonchev–Trinajstić information content (AvgIpc) is 3.35. The van der Waals surface area contributed by atoms with Gasteiger partial charge in [0.25, 0.3) is 0 Å². The molecule has 3 N–H and O–H groups in total. The highest BCUT2D eigenvalue weighted by Gasteiger charge is 2.16. The number of anilines is 1. The van der Waals surface area contributed by atoms with Crippen LogP contribution in [0, 0.1) is 6.57 Å². The number of aromatic amines is 2. The number of H-pyrrole nitrogens is 2. The van der Waals surface area contributed by atoms with Crippen molar-refractivity contribution in [1.82, 2.24) is 35.1 Å². The van der Waals surface area contributed by atoms with Crippen molar-refractivity contribution in [3.05, 3.63) is 54.4 Å². The second-order valence-electron chi connectivity index (χ2n) is 6.76. The normalized spacial score (nSPS) is 11.6. The highest BCUT2D eigenvalue weighted by atomic mass is 32.2. The monoisotopic (exact) mass is 431 g/mol. The summed E-state index contributed by atoms with van der Waals surface area (Å²) in [5.74, 6) is 0.477. The van der Waals surface area contributed by atoms with E-state index in [4.69, 9.17) is 6.57 Å². The zero-order chi connectivity index (χ0) is 21.6. The number of imidazole rings is 1. The minimum atomic E-state index is -3.42. The van der Waals surface area contributed by atoms with Crippen molar-refractivity contribution in [2.75, 3.05) is 11.0 Å². The fourth-order valence-corrected chi connectivity index (χ4v) is 3.75. The first-order chi connectivity index (χ1) is 14.9. The first-order valence-corrected chi connectivity index (χ1v) is 10.8. The number of nitrogens with one attached hydrogen (secondary N) is 3. The molecule has 5 aromatic rings. The van der Waals surface area contributed by atoms with Gasteiger partial charge in [0.1, 0.15) is 5.69 Å². The van der Waals surface area contributed by atoms with Crippen molar-refractivity contribution in [3.63, 3.8) is 0 Å². The van der Waals surface area contributed by atoms with E-state index >= 15 is 0 Å². The van der Waals surface area contributed by atoms with Crippen LogP contribution in [0.15, 0.2) is 43.0 Å². The molecule has 0 bridgehead atoms. The van der Waals surface area contributed by atoms with Gasteiger partial charge in [-0.1, -0.05) is 0 Å². The molecule has 11 nitrogen and oxygen atoms in total. The molecule has 0 aliphatic heterocycles. The summed E-state index contributed by atoms with van der Waals surface area (Å²) in [6, 6.07) is 5.15. The van der Waals surface area contributed by atoms with E-state index in [1.807, 2.05) is 6.07 Å². The lowest BCUT2D eigenvalue weighted by atomic mass is 10.1. The smallest absolute Gasteiger partial charge is 0.229 e. The Hall–Kier alpha value is -4.37. The number of hydrogen-bond donors (Lipinski definition) is 3. The molecule has 152 valence electrons. The van der Waals surface area contributed by atoms with E-state index in [1.165, 1.54) is 12.4 Å². The lowest BCUT2D eigenvalue weighted by Gasteiger charge is -2.06. The molecule has 0 saturated heterocycles. The SMILES string of the molecule is [C-]#[N+]c1ccnc2nc(-c3[nH]nc4ncc(-c5cncc(NS(C)(=O)=O)c5)cc34)[nH]c12. The van der Waals surface area contributed by atoms with Crippen molar-refractivity contribution in [1.29, 1.82) is 0 Å². The van der Waals surface area contributed by atoms with Gasteiger partial charge in [0.15, 0.2) is 17.1 Å².